The van der Waals surface area contributed by atoms with Gasteiger partial charge in [0.2, 0.25) is 12.0 Å². The largest absolute Gasteiger partial charge is 0.443 e. The third-order valence-corrected chi connectivity index (χ3v) is 6.49. The third-order valence-electron chi connectivity index (χ3n) is 4.39. The van der Waals surface area contributed by atoms with Gasteiger partial charge in [0, 0.05) is 28.5 Å². The summed E-state index contributed by atoms with van der Waals surface area (Å²) in [5.74, 6) is -0.0531. The molecule has 2 amide bonds. The topological polar surface area (TPSA) is 92.9 Å². The van der Waals surface area contributed by atoms with E-state index in [1.807, 2.05) is 32.3 Å². The van der Waals surface area contributed by atoms with E-state index in [2.05, 4.69) is 4.90 Å². The number of nitrogens with zero attached hydrogens (tertiary/aromatic N) is 2. The minimum atomic E-state index is -1.20. The van der Waals surface area contributed by atoms with Crippen LogP contribution in [0.1, 0.15) is 18.1 Å². The van der Waals surface area contributed by atoms with Gasteiger partial charge in [0.25, 0.3) is 5.91 Å². The molecule has 3 rings (SSSR count). The molecule has 1 unspecified atom stereocenters. The number of thioether (sulfide) groups is 2. The Morgan fingerprint density at radius 1 is 1.43 bits per heavy atom. The van der Waals surface area contributed by atoms with E-state index >= 15 is 0 Å². The zero-order valence-corrected chi connectivity index (χ0v) is 17.4. The number of carbonyl (C=O) groups is 3. The molecule has 1 aromatic rings. The predicted molar refractivity (Wildman–Crippen MR) is 110 cm³/mol. The summed E-state index contributed by atoms with van der Waals surface area (Å²) >= 11 is 3.24. The highest BCUT2D eigenvalue weighted by Crippen LogP contribution is 2.37. The van der Waals surface area contributed by atoms with E-state index in [0.717, 1.165) is 17.2 Å². The van der Waals surface area contributed by atoms with Gasteiger partial charge >= 0.3 is 5.97 Å². The molecule has 0 aliphatic carbocycles. The molecule has 0 radical (unpaired) electrons. The molecule has 150 valence electrons. The molecule has 2 aliphatic rings. The first kappa shape index (κ1) is 20.8. The Bertz CT molecular complexity index is 812. The fourth-order valence-corrected chi connectivity index (χ4v) is 5.10. The molecule has 1 aromatic carbocycles. The summed E-state index contributed by atoms with van der Waals surface area (Å²) in [4.78, 5) is 40.9. The molecule has 9 heteroatoms. The molecule has 0 saturated carbocycles. The van der Waals surface area contributed by atoms with E-state index in [1.54, 1.807) is 35.7 Å². The second kappa shape index (κ2) is 9.02. The molecule has 2 heterocycles. The summed E-state index contributed by atoms with van der Waals surface area (Å²) in [6, 6.07) is 7.27. The van der Waals surface area contributed by atoms with E-state index in [9.17, 15) is 14.4 Å². The maximum Gasteiger partial charge on any atom is 0.355 e. The van der Waals surface area contributed by atoms with E-state index in [4.69, 9.17) is 10.5 Å². The van der Waals surface area contributed by atoms with Crippen LogP contribution in [-0.4, -0.2) is 65.1 Å². The van der Waals surface area contributed by atoms with Gasteiger partial charge in [-0.05, 0) is 32.3 Å². The average molecular weight is 422 g/mol. The lowest BCUT2D eigenvalue weighted by molar-refractivity contribution is -0.156. The number of rotatable bonds is 8. The van der Waals surface area contributed by atoms with Crippen LogP contribution in [0.5, 0.6) is 0 Å². The van der Waals surface area contributed by atoms with Crippen molar-refractivity contribution in [3.8, 4) is 0 Å². The number of β-lactam (4-membered cyclic amide) rings is 1. The predicted octanol–water partition coefficient (Wildman–Crippen LogP) is 1.60. The van der Waals surface area contributed by atoms with E-state index in [0.29, 0.717) is 17.7 Å². The van der Waals surface area contributed by atoms with Crippen LogP contribution in [0.15, 0.2) is 40.9 Å². The van der Waals surface area contributed by atoms with Crippen LogP contribution in [0, 0.1) is 0 Å². The van der Waals surface area contributed by atoms with Gasteiger partial charge in [-0.1, -0.05) is 12.1 Å². The number of primary amides is 1. The fraction of sp³-hybridized carbons (Fsp3) is 0.421. The Morgan fingerprint density at radius 3 is 2.89 bits per heavy atom. The first-order valence-corrected chi connectivity index (χ1v) is 10.9. The summed E-state index contributed by atoms with van der Waals surface area (Å²) in [5, 5.41) is -0.0245. The van der Waals surface area contributed by atoms with Crippen molar-refractivity contribution in [1.82, 2.24) is 9.80 Å². The van der Waals surface area contributed by atoms with Crippen LogP contribution >= 0.6 is 23.5 Å². The third kappa shape index (κ3) is 4.71. The minimum Gasteiger partial charge on any atom is -0.443 e. The monoisotopic (exact) mass is 421 g/mol. The van der Waals surface area contributed by atoms with Crippen molar-refractivity contribution in [1.29, 1.82) is 0 Å². The Kier molecular flexibility index (Phi) is 6.69. The lowest BCUT2D eigenvalue weighted by atomic mass is 10.1. The molecule has 1 saturated heterocycles. The zero-order valence-electron chi connectivity index (χ0n) is 15.8. The molecule has 7 nitrogen and oxygen atoms in total. The number of hydrogen-bond acceptors (Lipinski definition) is 7. The number of ether oxygens (including phenoxy) is 1. The highest BCUT2D eigenvalue weighted by molar-refractivity contribution is 8.00. The normalized spacial score (nSPS) is 19.5. The number of esters is 1. The zero-order chi connectivity index (χ0) is 20.3. The van der Waals surface area contributed by atoms with Crippen LogP contribution in [0.2, 0.25) is 0 Å². The molecule has 28 heavy (non-hydrogen) atoms. The van der Waals surface area contributed by atoms with Gasteiger partial charge in [-0.2, -0.15) is 0 Å². The van der Waals surface area contributed by atoms with E-state index in [1.165, 1.54) is 4.90 Å². The SMILES string of the molecule is CN(C)CCSc1cccc(C(OC(=O)C2=CCS[C@H]3CC(=O)N23)C(N)=O)c1. The van der Waals surface area contributed by atoms with Crippen molar-refractivity contribution in [2.24, 2.45) is 5.73 Å². The fourth-order valence-electron chi connectivity index (χ4n) is 2.90. The Morgan fingerprint density at radius 2 is 2.21 bits per heavy atom. The smallest absolute Gasteiger partial charge is 0.355 e. The van der Waals surface area contributed by atoms with Crippen LogP contribution in [0.3, 0.4) is 0 Å². The first-order valence-electron chi connectivity index (χ1n) is 8.88. The van der Waals surface area contributed by atoms with Gasteiger partial charge in [-0.3, -0.25) is 14.5 Å². The number of amides is 2. The molecule has 0 aromatic heterocycles. The van der Waals surface area contributed by atoms with Crippen molar-refractivity contribution in [3.63, 3.8) is 0 Å². The molecule has 0 spiro atoms. The summed E-state index contributed by atoms with van der Waals surface area (Å²) < 4.78 is 5.43. The van der Waals surface area contributed by atoms with Gasteiger partial charge in [-0.15, -0.1) is 23.5 Å². The highest BCUT2D eigenvalue weighted by Gasteiger charge is 2.44. The first-order chi connectivity index (χ1) is 13.4. The van der Waals surface area contributed by atoms with E-state index in [-0.39, 0.29) is 17.0 Å². The summed E-state index contributed by atoms with van der Waals surface area (Å²) in [7, 11) is 4.01. The molecular formula is C19H23N3O4S2. The second-order valence-electron chi connectivity index (χ2n) is 6.76. The van der Waals surface area contributed by atoms with Gasteiger partial charge in [0.15, 0.2) is 0 Å². The maximum atomic E-state index is 12.6. The Balaban J connectivity index is 1.71. The van der Waals surface area contributed by atoms with Crippen molar-refractivity contribution >= 4 is 41.3 Å². The molecule has 2 aliphatic heterocycles. The molecular weight excluding hydrogens is 398 g/mol. The van der Waals surface area contributed by atoms with Crippen LogP contribution < -0.4 is 5.73 Å². The molecule has 0 bridgehead atoms. The lowest BCUT2D eigenvalue weighted by Crippen LogP contribution is -2.53. The number of carbonyl (C=O) groups excluding carboxylic acids is 3. The van der Waals surface area contributed by atoms with Gasteiger partial charge in [0.05, 0.1) is 11.8 Å². The highest BCUT2D eigenvalue weighted by atomic mass is 32.2. The van der Waals surface area contributed by atoms with Crippen molar-refractivity contribution in [2.75, 3.05) is 32.1 Å². The Hall–Kier alpha value is -1.97. The quantitative estimate of drug-likeness (QED) is 0.387. The minimum absolute atomic E-state index is 0.0245. The summed E-state index contributed by atoms with van der Waals surface area (Å²) in [6.07, 6.45) is 0.875. The number of hydrogen-bond donors (Lipinski definition) is 1. The van der Waals surface area contributed by atoms with Crippen molar-refractivity contribution < 1.29 is 19.1 Å². The van der Waals surface area contributed by atoms with Crippen LogP contribution in [-0.2, 0) is 19.1 Å². The Labute approximate surface area is 172 Å². The molecule has 2 atom stereocenters. The number of nitrogens with two attached hydrogens (primary N) is 1. The van der Waals surface area contributed by atoms with E-state index < -0.39 is 18.0 Å². The average Bonchev–Trinajstić information content (AvgIpc) is 2.64. The van der Waals surface area contributed by atoms with Gasteiger partial charge in [-0.25, -0.2) is 4.79 Å². The van der Waals surface area contributed by atoms with Gasteiger partial charge < -0.3 is 15.4 Å². The van der Waals surface area contributed by atoms with Crippen LogP contribution in [0.4, 0.5) is 0 Å². The summed E-state index contributed by atoms with van der Waals surface area (Å²) in [5.41, 5.74) is 6.22. The number of fused-ring (bicyclic) bond motifs is 1. The number of benzene rings is 1. The second-order valence-corrected chi connectivity index (χ2v) is 9.14. The van der Waals surface area contributed by atoms with Gasteiger partial charge in [0.1, 0.15) is 5.70 Å². The molecule has 2 N–H and O–H groups in total. The lowest BCUT2D eigenvalue weighted by Gasteiger charge is -2.42. The van der Waals surface area contributed by atoms with Crippen molar-refractivity contribution in [2.45, 2.75) is 22.8 Å². The molecule has 1 fully saturated rings. The van der Waals surface area contributed by atoms with Crippen LogP contribution in [0.25, 0.3) is 0 Å². The summed E-state index contributed by atoms with van der Waals surface area (Å²) in [6.45, 7) is 0.917. The maximum absolute atomic E-state index is 12.6. The standard InChI is InChI=1S/C19H23N3O4S2/c1-21(2)7-9-27-13-5-3-4-12(10-13)17(18(20)24)26-19(25)14-6-8-28-16-11-15(23)22(14)16/h3-6,10,16-17H,7-9,11H2,1-2H3,(H2,20,24)/t16-,17?/m0/s1. The van der Waals surface area contributed by atoms with Crippen molar-refractivity contribution in [3.05, 3.63) is 41.6 Å².